The zero-order chi connectivity index (χ0) is 14.6. The Kier molecular flexibility index (Phi) is 4.65. The number of β-amino-alcohol motifs (C(OH)–C–C–N with tert-alkyl or cyclic N) is 1. The molecule has 1 heterocycles. The quantitative estimate of drug-likeness (QED) is 0.895. The Morgan fingerprint density at radius 1 is 1.45 bits per heavy atom. The molecule has 1 unspecified atom stereocenters. The summed E-state index contributed by atoms with van der Waals surface area (Å²) in [6, 6.07) is 7.83. The Balaban J connectivity index is 1.91. The lowest BCUT2D eigenvalue weighted by Gasteiger charge is -2.19. The normalized spacial score (nSPS) is 22.1. The fourth-order valence-corrected chi connectivity index (χ4v) is 2.56. The van der Waals surface area contributed by atoms with Crippen molar-refractivity contribution in [3.8, 4) is 5.75 Å². The van der Waals surface area contributed by atoms with Gasteiger partial charge in [0.25, 0.3) is 0 Å². The van der Waals surface area contributed by atoms with Crippen LogP contribution in [0.25, 0.3) is 0 Å². The summed E-state index contributed by atoms with van der Waals surface area (Å²) in [5.74, 6) is 0.963. The van der Waals surface area contributed by atoms with E-state index in [1.165, 1.54) is 0 Å². The first kappa shape index (κ1) is 14.9. The maximum absolute atomic E-state index is 12.1. The first-order chi connectivity index (χ1) is 9.52. The van der Waals surface area contributed by atoms with Gasteiger partial charge in [-0.15, -0.1) is 0 Å². The van der Waals surface area contributed by atoms with E-state index in [4.69, 9.17) is 4.74 Å². The molecular weight excluding hydrogens is 254 g/mol. The predicted octanol–water partition coefficient (Wildman–Crippen LogP) is 2.00. The molecule has 1 aromatic rings. The number of nitrogens with zero attached hydrogens (tertiary/aromatic N) is 1. The minimum Gasteiger partial charge on any atom is -0.494 e. The summed E-state index contributed by atoms with van der Waals surface area (Å²) >= 11 is 0. The SMILES string of the molecule is CCOc1ccccc1CCC(=O)N1CCC(C)(O)C1. The van der Waals surface area contributed by atoms with Crippen LogP contribution < -0.4 is 4.74 Å². The topological polar surface area (TPSA) is 49.8 Å². The minimum absolute atomic E-state index is 0.106. The van der Waals surface area contributed by atoms with Crippen molar-refractivity contribution in [3.63, 3.8) is 0 Å². The van der Waals surface area contributed by atoms with Crippen LogP contribution in [0.15, 0.2) is 24.3 Å². The van der Waals surface area contributed by atoms with E-state index in [9.17, 15) is 9.90 Å². The Morgan fingerprint density at radius 2 is 2.20 bits per heavy atom. The Bertz CT molecular complexity index is 471. The van der Waals surface area contributed by atoms with Crippen molar-refractivity contribution in [3.05, 3.63) is 29.8 Å². The van der Waals surface area contributed by atoms with Gasteiger partial charge in [0, 0.05) is 19.5 Å². The number of aliphatic hydroxyl groups is 1. The van der Waals surface area contributed by atoms with Crippen molar-refractivity contribution in [2.75, 3.05) is 19.7 Å². The molecule has 1 aliphatic heterocycles. The second-order valence-corrected chi connectivity index (χ2v) is 5.60. The van der Waals surface area contributed by atoms with Gasteiger partial charge in [0.1, 0.15) is 5.75 Å². The third kappa shape index (κ3) is 3.73. The van der Waals surface area contributed by atoms with Crippen LogP contribution in [-0.4, -0.2) is 41.2 Å². The molecule has 4 heteroatoms. The van der Waals surface area contributed by atoms with E-state index in [2.05, 4.69) is 0 Å². The molecule has 0 bridgehead atoms. The number of rotatable bonds is 5. The fourth-order valence-electron chi connectivity index (χ4n) is 2.56. The molecule has 0 aromatic heterocycles. The molecule has 2 rings (SSSR count). The molecule has 1 fully saturated rings. The molecule has 20 heavy (non-hydrogen) atoms. The molecular formula is C16H23NO3. The number of amides is 1. The third-order valence-electron chi connectivity index (χ3n) is 3.69. The molecule has 0 aliphatic carbocycles. The van der Waals surface area contributed by atoms with Crippen LogP contribution in [-0.2, 0) is 11.2 Å². The molecule has 0 radical (unpaired) electrons. The molecule has 110 valence electrons. The van der Waals surface area contributed by atoms with E-state index in [1.54, 1.807) is 11.8 Å². The van der Waals surface area contributed by atoms with Crippen molar-refractivity contribution in [1.82, 2.24) is 4.90 Å². The van der Waals surface area contributed by atoms with Gasteiger partial charge in [-0.1, -0.05) is 18.2 Å². The number of carbonyl (C=O) groups is 1. The molecule has 1 N–H and O–H groups in total. The second-order valence-electron chi connectivity index (χ2n) is 5.60. The number of likely N-dealkylation sites (tertiary alicyclic amines) is 1. The number of aryl methyl sites for hydroxylation is 1. The molecule has 1 aromatic carbocycles. The summed E-state index contributed by atoms with van der Waals surface area (Å²) in [5.41, 5.74) is 0.340. The molecule has 1 atom stereocenters. The Morgan fingerprint density at radius 3 is 2.85 bits per heavy atom. The maximum Gasteiger partial charge on any atom is 0.223 e. The van der Waals surface area contributed by atoms with Crippen LogP contribution in [0.5, 0.6) is 5.75 Å². The number of ether oxygens (including phenoxy) is 1. The van der Waals surface area contributed by atoms with Crippen LogP contribution >= 0.6 is 0 Å². The van der Waals surface area contributed by atoms with Gasteiger partial charge < -0.3 is 14.7 Å². The van der Waals surface area contributed by atoms with Gasteiger partial charge in [-0.3, -0.25) is 4.79 Å². The zero-order valence-corrected chi connectivity index (χ0v) is 12.3. The highest BCUT2D eigenvalue weighted by atomic mass is 16.5. The molecule has 4 nitrogen and oxygen atoms in total. The lowest BCUT2D eigenvalue weighted by Crippen LogP contribution is -2.34. The van der Waals surface area contributed by atoms with E-state index in [-0.39, 0.29) is 5.91 Å². The summed E-state index contributed by atoms with van der Waals surface area (Å²) in [7, 11) is 0. The summed E-state index contributed by atoms with van der Waals surface area (Å²) in [5, 5.41) is 9.90. The van der Waals surface area contributed by atoms with Crippen molar-refractivity contribution < 1.29 is 14.6 Å². The van der Waals surface area contributed by atoms with E-state index in [1.807, 2.05) is 31.2 Å². The number of carbonyl (C=O) groups excluding carboxylic acids is 1. The van der Waals surface area contributed by atoms with E-state index >= 15 is 0 Å². The fraction of sp³-hybridized carbons (Fsp3) is 0.562. The number of benzene rings is 1. The molecule has 1 amide bonds. The van der Waals surface area contributed by atoms with Gasteiger partial charge in [-0.2, -0.15) is 0 Å². The zero-order valence-electron chi connectivity index (χ0n) is 12.3. The van der Waals surface area contributed by atoms with Crippen molar-refractivity contribution >= 4 is 5.91 Å². The van der Waals surface area contributed by atoms with Crippen molar-refractivity contribution in [2.24, 2.45) is 0 Å². The van der Waals surface area contributed by atoms with Crippen LogP contribution in [0.2, 0.25) is 0 Å². The van der Waals surface area contributed by atoms with Crippen LogP contribution in [0.3, 0.4) is 0 Å². The molecule has 1 saturated heterocycles. The largest absolute Gasteiger partial charge is 0.494 e. The van der Waals surface area contributed by atoms with Gasteiger partial charge in [0.2, 0.25) is 5.91 Å². The third-order valence-corrected chi connectivity index (χ3v) is 3.69. The van der Waals surface area contributed by atoms with Gasteiger partial charge in [0.05, 0.1) is 12.2 Å². The highest BCUT2D eigenvalue weighted by Gasteiger charge is 2.33. The summed E-state index contributed by atoms with van der Waals surface area (Å²) in [6.07, 6.45) is 1.79. The van der Waals surface area contributed by atoms with E-state index in [0.29, 0.717) is 39.0 Å². The van der Waals surface area contributed by atoms with Crippen molar-refractivity contribution in [1.29, 1.82) is 0 Å². The van der Waals surface area contributed by atoms with Crippen LogP contribution in [0.4, 0.5) is 0 Å². The molecule has 1 aliphatic rings. The van der Waals surface area contributed by atoms with Gasteiger partial charge in [-0.25, -0.2) is 0 Å². The Hall–Kier alpha value is -1.55. The van der Waals surface area contributed by atoms with Crippen molar-refractivity contribution in [2.45, 2.75) is 38.7 Å². The van der Waals surface area contributed by atoms with Crippen LogP contribution in [0, 0.1) is 0 Å². The van der Waals surface area contributed by atoms with E-state index < -0.39 is 5.60 Å². The summed E-state index contributed by atoms with van der Waals surface area (Å²) in [4.78, 5) is 13.9. The summed E-state index contributed by atoms with van der Waals surface area (Å²) < 4.78 is 5.56. The van der Waals surface area contributed by atoms with Gasteiger partial charge >= 0.3 is 0 Å². The average Bonchev–Trinajstić information content (AvgIpc) is 2.78. The number of para-hydroxylation sites is 1. The van der Waals surface area contributed by atoms with Gasteiger partial charge in [0.15, 0.2) is 0 Å². The standard InChI is InChI=1S/C16H23NO3/c1-3-20-14-7-5-4-6-13(14)8-9-15(18)17-11-10-16(2,19)12-17/h4-7,19H,3,8-12H2,1-2H3. The summed E-state index contributed by atoms with van der Waals surface area (Å²) in [6.45, 7) is 5.46. The van der Waals surface area contributed by atoms with Gasteiger partial charge in [-0.05, 0) is 38.3 Å². The van der Waals surface area contributed by atoms with E-state index in [0.717, 1.165) is 11.3 Å². The maximum atomic E-state index is 12.1. The highest BCUT2D eigenvalue weighted by Crippen LogP contribution is 2.23. The monoisotopic (exact) mass is 277 g/mol. The predicted molar refractivity (Wildman–Crippen MR) is 77.8 cm³/mol. The number of hydrogen-bond donors (Lipinski definition) is 1. The molecule has 0 saturated carbocycles. The van der Waals surface area contributed by atoms with Crippen LogP contribution in [0.1, 0.15) is 32.3 Å². The first-order valence-corrected chi connectivity index (χ1v) is 7.23. The smallest absolute Gasteiger partial charge is 0.223 e. The lowest BCUT2D eigenvalue weighted by molar-refractivity contribution is -0.131. The highest BCUT2D eigenvalue weighted by molar-refractivity contribution is 5.77. The minimum atomic E-state index is -0.723. The Labute approximate surface area is 120 Å². The number of hydrogen-bond acceptors (Lipinski definition) is 3. The second kappa shape index (κ2) is 6.27. The lowest BCUT2D eigenvalue weighted by atomic mass is 10.1. The molecule has 0 spiro atoms. The first-order valence-electron chi connectivity index (χ1n) is 7.23. The average molecular weight is 277 g/mol.